The fraction of sp³-hybridized carbons (Fsp3) is 0.333. The molecule has 0 saturated heterocycles. The average molecular weight is 285 g/mol. The van der Waals surface area contributed by atoms with E-state index >= 15 is 0 Å². The van der Waals surface area contributed by atoms with Crippen LogP contribution in [0.4, 0.5) is 0 Å². The van der Waals surface area contributed by atoms with Crippen molar-refractivity contribution < 1.29 is 14.7 Å². The Morgan fingerprint density at radius 2 is 1.90 bits per heavy atom. The van der Waals surface area contributed by atoms with Crippen LogP contribution in [0.25, 0.3) is 11.0 Å². The number of fused-ring (bicyclic) bond motifs is 1. The zero-order valence-electron chi connectivity index (χ0n) is 11.4. The second-order valence-corrected chi connectivity index (χ2v) is 5.13. The number of carboxylic acid groups (broad SMARTS) is 1. The van der Waals surface area contributed by atoms with Crippen LogP contribution in [0.1, 0.15) is 29.6 Å². The van der Waals surface area contributed by atoms with Gasteiger partial charge in [0.15, 0.2) is 0 Å². The maximum Gasteiger partial charge on any atom is 0.305 e. The van der Waals surface area contributed by atoms with Crippen molar-refractivity contribution in [1.29, 1.82) is 0 Å². The monoisotopic (exact) mass is 285 g/mol. The molecule has 1 saturated carbocycles. The summed E-state index contributed by atoms with van der Waals surface area (Å²) in [5.74, 6) is -1.02. The Kier molecular flexibility index (Phi) is 3.51. The molecule has 1 aromatic heterocycles. The van der Waals surface area contributed by atoms with Gasteiger partial charge in [-0.3, -0.25) is 19.6 Å². The van der Waals surface area contributed by atoms with Gasteiger partial charge in [-0.2, -0.15) is 0 Å². The van der Waals surface area contributed by atoms with Crippen LogP contribution in [0.2, 0.25) is 0 Å². The number of carboxylic acids is 1. The molecule has 2 aromatic rings. The first-order chi connectivity index (χ1) is 10.1. The van der Waals surface area contributed by atoms with Gasteiger partial charge in [0.25, 0.3) is 5.91 Å². The molecule has 6 nitrogen and oxygen atoms in total. The van der Waals surface area contributed by atoms with E-state index < -0.39 is 5.97 Å². The van der Waals surface area contributed by atoms with Crippen LogP contribution < -0.4 is 0 Å². The molecule has 0 atom stereocenters. The zero-order valence-corrected chi connectivity index (χ0v) is 11.4. The van der Waals surface area contributed by atoms with E-state index in [0.29, 0.717) is 11.1 Å². The molecule has 1 N–H and O–H groups in total. The van der Waals surface area contributed by atoms with Crippen LogP contribution in [0.5, 0.6) is 0 Å². The van der Waals surface area contributed by atoms with Crippen LogP contribution in [-0.4, -0.2) is 44.4 Å². The van der Waals surface area contributed by atoms with Crippen molar-refractivity contribution >= 4 is 22.9 Å². The largest absolute Gasteiger partial charge is 0.481 e. The molecular formula is C15H15N3O3. The van der Waals surface area contributed by atoms with Gasteiger partial charge in [0.05, 0.1) is 17.5 Å². The van der Waals surface area contributed by atoms with Crippen molar-refractivity contribution in [2.45, 2.75) is 25.3 Å². The quantitative estimate of drug-likeness (QED) is 0.904. The zero-order chi connectivity index (χ0) is 14.8. The van der Waals surface area contributed by atoms with Gasteiger partial charge in [-0.05, 0) is 31.0 Å². The Hall–Kier alpha value is -2.50. The Morgan fingerprint density at radius 1 is 1.19 bits per heavy atom. The Labute approximate surface area is 121 Å². The Morgan fingerprint density at radius 3 is 2.57 bits per heavy atom. The summed E-state index contributed by atoms with van der Waals surface area (Å²) in [4.78, 5) is 33.3. The molecule has 108 valence electrons. The molecule has 1 aliphatic carbocycles. The number of amides is 1. The summed E-state index contributed by atoms with van der Waals surface area (Å²) in [6.45, 7) is 0.247. The first-order valence-electron chi connectivity index (χ1n) is 6.88. The summed E-state index contributed by atoms with van der Waals surface area (Å²) in [5, 5.41) is 8.80. The van der Waals surface area contributed by atoms with E-state index in [1.807, 2.05) is 0 Å². The topological polar surface area (TPSA) is 83.4 Å². The van der Waals surface area contributed by atoms with E-state index in [9.17, 15) is 9.59 Å². The number of benzene rings is 1. The van der Waals surface area contributed by atoms with Gasteiger partial charge in [-0.1, -0.05) is 0 Å². The number of carbonyl (C=O) groups excluding carboxylic acids is 1. The van der Waals surface area contributed by atoms with Gasteiger partial charge in [0, 0.05) is 30.5 Å². The highest BCUT2D eigenvalue weighted by molar-refractivity contribution is 5.97. The van der Waals surface area contributed by atoms with Crippen molar-refractivity contribution in [2.75, 3.05) is 6.54 Å². The number of hydrogen-bond acceptors (Lipinski definition) is 4. The van der Waals surface area contributed by atoms with Crippen molar-refractivity contribution in [3.63, 3.8) is 0 Å². The predicted octanol–water partition coefficient (Wildman–Crippen LogP) is 1.71. The summed E-state index contributed by atoms with van der Waals surface area (Å²) in [5.41, 5.74) is 1.93. The predicted molar refractivity (Wildman–Crippen MR) is 75.8 cm³/mol. The van der Waals surface area contributed by atoms with Crippen LogP contribution in [0.15, 0.2) is 30.6 Å². The Balaban J connectivity index is 1.84. The van der Waals surface area contributed by atoms with Crippen molar-refractivity contribution in [3.05, 3.63) is 36.2 Å². The van der Waals surface area contributed by atoms with Crippen molar-refractivity contribution in [3.8, 4) is 0 Å². The standard InChI is InChI=1S/C15H15N3O3/c19-14(20)5-8-18(11-2-3-11)15(21)10-1-4-12-13(9-10)17-7-6-16-12/h1,4,6-7,9,11H,2-3,5,8H2,(H,19,20). The average Bonchev–Trinajstić information content (AvgIpc) is 3.31. The summed E-state index contributed by atoms with van der Waals surface area (Å²) < 4.78 is 0. The number of carbonyl (C=O) groups is 2. The molecule has 3 rings (SSSR count). The van der Waals surface area contributed by atoms with E-state index in [1.54, 1.807) is 35.5 Å². The number of rotatable bonds is 5. The lowest BCUT2D eigenvalue weighted by Gasteiger charge is -2.21. The van der Waals surface area contributed by atoms with Crippen LogP contribution >= 0.6 is 0 Å². The molecule has 1 heterocycles. The molecule has 0 radical (unpaired) electrons. The third-order valence-electron chi connectivity index (χ3n) is 3.53. The summed E-state index contributed by atoms with van der Waals surface area (Å²) in [7, 11) is 0. The van der Waals surface area contributed by atoms with E-state index in [-0.39, 0.29) is 24.9 Å². The first-order valence-corrected chi connectivity index (χ1v) is 6.88. The third-order valence-corrected chi connectivity index (χ3v) is 3.53. The van der Waals surface area contributed by atoms with E-state index in [4.69, 9.17) is 5.11 Å². The molecule has 21 heavy (non-hydrogen) atoms. The maximum absolute atomic E-state index is 12.6. The van der Waals surface area contributed by atoms with Gasteiger partial charge < -0.3 is 10.0 Å². The molecule has 1 amide bonds. The maximum atomic E-state index is 12.6. The highest BCUT2D eigenvalue weighted by atomic mass is 16.4. The fourth-order valence-corrected chi connectivity index (χ4v) is 2.31. The third kappa shape index (κ3) is 2.99. The lowest BCUT2D eigenvalue weighted by atomic mass is 10.1. The smallest absolute Gasteiger partial charge is 0.305 e. The fourth-order valence-electron chi connectivity index (χ4n) is 2.31. The lowest BCUT2D eigenvalue weighted by molar-refractivity contribution is -0.137. The molecule has 0 bridgehead atoms. The second-order valence-electron chi connectivity index (χ2n) is 5.13. The lowest BCUT2D eigenvalue weighted by Crippen LogP contribution is -2.35. The molecule has 0 spiro atoms. The molecule has 0 unspecified atom stereocenters. The normalized spacial score (nSPS) is 14.1. The molecular weight excluding hydrogens is 270 g/mol. The highest BCUT2D eigenvalue weighted by Gasteiger charge is 2.33. The molecule has 1 fully saturated rings. The Bertz CT molecular complexity index is 697. The van der Waals surface area contributed by atoms with Gasteiger partial charge in [0.2, 0.25) is 0 Å². The number of hydrogen-bond donors (Lipinski definition) is 1. The number of nitrogens with zero attached hydrogens (tertiary/aromatic N) is 3. The minimum Gasteiger partial charge on any atom is -0.481 e. The molecule has 6 heteroatoms. The van der Waals surface area contributed by atoms with Gasteiger partial charge in [0.1, 0.15) is 0 Å². The first kappa shape index (κ1) is 13.5. The summed E-state index contributed by atoms with van der Waals surface area (Å²) >= 11 is 0. The second kappa shape index (κ2) is 5.47. The minimum atomic E-state index is -0.891. The highest BCUT2D eigenvalue weighted by Crippen LogP contribution is 2.28. The molecule has 1 aliphatic rings. The van der Waals surface area contributed by atoms with Gasteiger partial charge in [-0.25, -0.2) is 0 Å². The van der Waals surface area contributed by atoms with Crippen LogP contribution in [0, 0.1) is 0 Å². The summed E-state index contributed by atoms with van der Waals surface area (Å²) in [6.07, 6.45) is 5.04. The van der Waals surface area contributed by atoms with Crippen molar-refractivity contribution in [1.82, 2.24) is 14.9 Å². The van der Waals surface area contributed by atoms with Crippen molar-refractivity contribution in [2.24, 2.45) is 0 Å². The summed E-state index contributed by atoms with van der Waals surface area (Å²) in [6, 6.07) is 5.36. The molecule has 0 aliphatic heterocycles. The van der Waals surface area contributed by atoms with Gasteiger partial charge in [-0.15, -0.1) is 0 Å². The SMILES string of the molecule is O=C(O)CCN(C(=O)c1ccc2nccnc2c1)C1CC1. The van der Waals surface area contributed by atoms with E-state index in [2.05, 4.69) is 9.97 Å². The van der Waals surface area contributed by atoms with E-state index in [0.717, 1.165) is 18.4 Å². The number of aliphatic carboxylic acids is 1. The molecule has 1 aromatic carbocycles. The van der Waals surface area contributed by atoms with Gasteiger partial charge >= 0.3 is 5.97 Å². The minimum absolute atomic E-state index is 0.0321. The van der Waals surface area contributed by atoms with E-state index in [1.165, 1.54) is 0 Å². The van der Waals surface area contributed by atoms with Crippen LogP contribution in [-0.2, 0) is 4.79 Å². The number of aromatic nitrogens is 2. The van der Waals surface area contributed by atoms with Crippen LogP contribution in [0.3, 0.4) is 0 Å².